The van der Waals surface area contributed by atoms with Crippen LogP contribution in [-0.4, -0.2) is 47.4 Å². The number of hydrogen-bond acceptors (Lipinski definition) is 4. The zero-order valence-corrected chi connectivity index (χ0v) is 18.1. The average molecular weight is 408 g/mol. The summed E-state index contributed by atoms with van der Waals surface area (Å²) in [6.07, 6.45) is 3.31. The molecule has 5 heteroatoms. The van der Waals surface area contributed by atoms with Gasteiger partial charge in [0.1, 0.15) is 5.01 Å². The Hall–Kier alpha value is -2.24. The van der Waals surface area contributed by atoms with Crippen molar-refractivity contribution in [3.63, 3.8) is 0 Å². The molecule has 1 aromatic heterocycles. The van der Waals surface area contributed by atoms with E-state index < -0.39 is 0 Å². The van der Waals surface area contributed by atoms with E-state index in [-0.39, 0.29) is 11.9 Å². The highest BCUT2D eigenvalue weighted by atomic mass is 32.1. The SMILES string of the molecule is C[C@@H](c1nc2ccccc2s1)N(C)CC(=O)N1CCC(Cc2ccccc2)CC1. The zero-order chi connectivity index (χ0) is 20.2. The maximum atomic E-state index is 12.8. The van der Waals surface area contributed by atoms with Gasteiger partial charge in [0.15, 0.2) is 0 Å². The summed E-state index contributed by atoms with van der Waals surface area (Å²) in [6.45, 7) is 4.33. The maximum absolute atomic E-state index is 12.8. The number of fused-ring (bicyclic) bond motifs is 1. The zero-order valence-electron chi connectivity index (χ0n) is 17.3. The molecule has 1 fully saturated rings. The Morgan fingerprint density at radius 3 is 2.55 bits per heavy atom. The van der Waals surface area contributed by atoms with Crippen LogP contribution in [0.25, 0.3) is 10.2 Å². The molecule has 1 aliphatic rings. The standard InChI is InChI=1S/C24H29N3OS/c1-18(24-25-21-10-6-7-11-22(21)29-24)26(2)17-23(28)27-14-12-20(13-15-27)16-19-8-4-3-5-9-19/h3-11,18,20H,12-17H2,1-2H3/t18-/m0/s1. The summed E-state index contributed by atoms with van der Waals surface area (Å²) in [7, 11) is 2.02. The van der Waals surface area contributed by atoms with Crippen molar-refractivity contribution in [2.75, 3.05) is 26.7 Å². The first kappa shape index (κ1) is 20.0. The summed E-state index contributed by atoms with van der Waals surface area (Å²) in [4.78, 5) is 21.8. The molecule has 1 aliphatic heterocycles. The van der Waals surface area contributed by atoms with E-state index in [0.29, 0.717) is 12.5 Å². The number of nitrogens with zero attached hydrogens (tertiary/aromatic N) is 3. The van der Waals surface area contributed by atoms with Crippen LogP contribution in [0.4, 0.5) is 0 Å². The molecule has 0 N–H and O–H groups in total. The van der Waals surface area contributed by atoms with Crippen molar-refractivity contribution in [2.45, 2.75) is 32.2 Å². The molecule has 1 atom stereocenters. The Morgan fingerprint density at radius 1 is 1.14 bits per heavy atom. The molecule has 2 aromatic carbocycles. The number of rotatable bonds is 6. The van der Waals surface area contributed by atoms with Crippen molar-refractivity contribution < 1.29 is 4.79 Å². The summed E-state index contributed by atoms with van der Waals surface area (Å²) in [5, 5.41) is 1.07. The fourth-order valence-electron chi connectivity index (χ4n) is 4.04. The number of likely N-dealkylation sites (N-methyl/N-ethyl adjacent to an activating group) is 1. The first-order valence-electron chi connectivity index (χ1n) is 10.5. The lowest BCUT2D eigenvalue weighted by Crippen LogP contribution is -2.44. The Balaban J connectivity index is 1.28. The molecule has 4 nitrogen and oxygen atoms in total. The number of carbonyl (C=O) groups is 1. The normalized spacial score (nSPS) is 16.4. The van der Waals surface area contributed by atoms with Crippen LogP contribution in [-0.2, 0) is 11.2 Å². The highest BCUT2D eigenvalue weighted by Crippen LogP contribution is 2.29. The summed E-state index contributed by atoms with van der Waals surface area (Å²) in [5.74, 6) is 0.916. The Labute approximate surface area is 177 Å². The van der Waals surface area contributed by atoms with Crippen LogP contribution in [0.3, 0.4) is 0 Å². The number of hydrogen-bond donors (Lipinski definition) is 0. The van der Waals surface area contributed by atoms with Crippen LogP contribution in [0.2, 0.25) is 0 Å². The Morgan fingerprint density at radius 2 is 1.83 bits per heavy atom. The predicted molar refractivity (Wildman–Crippen MR) is 120 cm³/mol. The highest BCUT2D eigenvalue weighted by molar-refractivity contribution is 7.18. The van der Waals surface area contributed by atoms with E-state index >= 15 is 0 Å². The number of thiazole rings is 1. The third-order valence-electron chi connectivity index (χ3n) is 6.05. The van der Waals surface area contributed by atoms with Gasteiger partial charge < -0.3 is 4.90 Å². The molecular weight excluding hydrogens is 378 g/mol. The van der Waals surface area contributed by atoms with Gasteiger partial charge in [0.25, 0.3) is 0 Å². The summed E-state index contributed by atoms with van der Waals surface area (Å²) in [6, 6.07) is 19.0. The molecule has 2 heterocycles. The van der Waals surface area contributed by atoms with E-state index in [1.54, 1.807) is 11.3 Å². The predicted octanol–water partition coefficient (Wildman–Crippen LogP) is 4.77. The van der Waals surface area contributed by atoms with E-state index in [0.717, 1.165) is 42.9 Å². The van der Waals surface area contributed by atoms with Gasteiger partial charge in [-0.15, -0.1) is 11.3 Å². The number of para-hydroxylation sites is 1. The first-order valence-corrected chi connectivity index (χ1v) is 11.3. The second kappa shape index (κ2) is 9.06. The van der Waals surface area contributed by atoms with Crippen molar-refractivity contribution in [3.8, 4) is 0 Å². The van der Waals surface area contributed by atoms with Gasteiger partial charge in [0, 0.05) is 13.1 Å². The third-order valence-corrected chi connectivity index (χ3v) is 7.25. The average Bonchev–Trinajstić information content (AvgIpc) is 3.18. The third kappa shape index (κ3) is 4.85. The van der Waals surface area contributed by atoms with Gasteiger partial charge in [-0.1, -0.05) is 42.5 Å². The number of piperidine rings is 1. The van der Waals surface area contributed by atoms with E-state index in [1.807, 2.05) is 30.1 Å². The van der Waals surface area contributed by atoms with Crippen LogP contribution in [0, 0.1) is 5.92 Å². The number of likely N-dealkylation sites (tertiary alicyclic amines) is 1. The fraction of sp³-hybridized carbons (Fsp3) is 0.417. The summed E-state index contributed by atoms with van der Waals surface area (Å²) in [5.41, 5.74) is 2.45. The molecule has 152 valence electrons. The molecule has 0 unspecified atom stereocenters. The molecule has 0 saturated carbocycles. The van der Waals surface area contributed by atoms with Crippen molar-refractivity contribution in [1.82, 2.24) is 14.8 Å². The smallest absolute Gasteiger partial charge is 0.236 e. The minimum absolute atomic E-state index is 0.131. The maximum Gasteiger partial charge on any atom is 0.236 e. The van der Waals surface area contributed by atoms with Gasteiger partial charge in [0.05, 0.1) is 22.8 Å². The topological polar surface area (TPSA) is 36.4 Å². The lowest BCUT2D eigenvalue weighted by molar-refractivity contribution is -0.134. The van der Waals surface area contributed by atoms with Crippen molar-refractivity contribution in [2.24, 2.45) is 5.92 Å². The van der Waals surface area contributed by atoms with Crippen LogP contribution < -0.4 is 0 Å². The number of aromatic nitrogens is 1. The molecule has 29 heavy (non-hydrogen) atoms. The molecule has 0 radical (unpaired) electrons. The number of carbonyl (C=O) groups excluding carboxylic acids is 1. The lowest BCUT2D eigenvalue weighted by Gasteiger charge is -2.34. The van der Waals surface area contributed by atoms with Gasteiger partial charge in [-0.05, 0) is 56.8 Å². The summed E-state index contributed by atoms with van der Waals surface area (Å²) < 4.78 is 1.20. The molecule has 1 amide bonds. The highest BCUT2D eigenvalue weighted by Gasteiger charge is 2.25. The molecule has 3 aromatic rings. The minimum atomic E-state index is 0.131. The van der Waals surface area contributed by atoms with E-state index in [9.17, 15) is 4.79 Å². The second-order valence-electron chi connectivity index (χ2n) is 8.12. The Bertz CT molecular complexity index is 914. The van der Waals surface area contributed by atoms with E-state index in [2.05, 4.69) is 48.2 Å². The number of benzene rings is 2. The van der Waals surface area contributed by atoms with Gasteiger partial charge in [-0.3, -0.25) is 9.69 Å². The van der Waals surface area contributed by atoms with Crippen LogP contribution in [0.15, 0.2) is 54.6 Å². The molecular formula is C24H29N3OS. The van der Waals surface area contributed by atoms with Crippen LogP contribution >= 0.6 is 11.3 Å². The summed E-state index contributed by atoms with van der Waals surface area (Å²) >= 11 is 1.72. The molecule has 0 aliphatic carbocycles. The monoisotopic (exact) mass is 407 g/mol. The quantitative estimate of drug-likeness (QED) is 0.590. The van der Waals surface area contributed by atoms with Crippen molar-refractivity contribution in [1.29, 1.82) is 0 Å². The second-order valence-corrected chi connectivity index (χ2v) is 9.19. The van der Waals surface area contributed by atoms with Gasteiger partial charge in [-0.2, -0.15) is 0 Å². The van der Waals surface area contributed by atoms with Gasteiger partial charge in [0.2, 0.25) is 5.91 Å². The molecule has 1 saturated heterocycles. The molecule has 4 rings (SSSR count). The number of amides is 1. The first-order chi connectivity index (χ1) is 14.1. The fourth-order valence-corrected chi connectivity index (χ4v) is 5.13. The van der Waals surface area contributed by atoms with E-state index in [1.165, 1.54) is 10.3 Å². The largest absolute Gasteiger partial charge is 0.342 e. The van der Waals surface area contributed by atoms with Gasteiger partial charge >= 0.3 is 0 Å². The van der Waals surface area contributed by atoms with Crippen molar-refractivity contribution >= 4 is 27.5 Å². The van der Waals surface area contributed by atoms with Gasteiger partial charge in [-0.25, -0.2) is 4.98 Å². The lowest BCUT2D eigenvalue weighted by atomic mass is 9.90. The van der Waals surface area contributed by atoms with E-state index in [4.69, 9.17) is 4.98 Å². The molecule has 0 bridgehead atoms. The van der Waals surface area contributed by atoms with Crippen molar-refractivity contribution in [3.05, 3.63) is 65.2 Å². The van der Waals surface area contributed by atoms with Crippen LogP contribution in [0.5, 0.6) is 0 Å². The molecule has 0 spiro atoms. The van der Waals surface area contributed by atoms with Crippen LogP contribution in [0.1, 0.15) is 36.4 Å². The minimum Gasteiger partial charge on any atom is -0.342 e. The Kier molecular flexibility index (Phi) is 6.26.